The molecule has 1 fully saturated rings. The van der Waals surface area contributed by atoms with E-state index in [2.05, 4.69) is 10.3 Å². The molecule has 1 unspecified atom stereocenters. The molecule has 3 N–H and O–H groups in total. The summed E-state index contributed by atoms with van der Waals surface area (Å²) >= 11 is 1.51. The molecule has 2 rings (SSSR count). The van der Waals surface area contributed by atoms with Gasteiger partial charge in [-0.15, -0.1) is 11.3 Å². The van der Waals surface area contributed by atoms with E-state index in [9.17, 15) is 14.7 Å². The number of β-amino-alcohol motifs (C(OH)–C–C–N with tert-alkyl or cyclic N) is 1. The number of nitrogens with zero attached hydrogens (tertiary/aromatic N) is 2. The van der Waals surface area contributed by atoms with Crippen LogP contribution in [0.5, 0.6) is 0 Å². The van der Waals surface area contributed by atoms with Gasteiger partial charge < -0.3 is 20.4 Å². The summed E-state index contributed by atoms with van der Waals surface area (Å²) < 4.78 is 0. The summed E-state index contributed by atoms with van der Waals surface area (Å²) in [5, 5.41) is 24.0. The number of urea groups is 1. The van der Waals surface area contributed by atoms with Gasteiger partial charge in [0.1, 0.15) is 6.04 Å². The SMILES string of the molecule is CC(CNC(=O)N1C[C@@H](O)C[C@H]1C(=O)O)c1nccs1. The zero-order chi connectivity index (χ0) is 14.7. The van der Waals surface area contributed by atoms with Crippen molar-refractivity contribution in [3.63, 3.8) is 0 Å². The van der Waals surface area contributed by atoms with Gasteiger partial charge in [0.25, 0.3) is 0 Å². The molecule has 8 heteroatoms. The molecule has 1 saturated heterocycles. The van der Waals surface area contributed by atoms with Crippen molar-refractivity contribution in [3.05, 3.63) is 16.6 Å². The molecule has 0 radical (unpaired) electrons. The molecule has 1 aromatic rings. The molecule has 2 heterocycles. The van der Waals surface area contributed by atoms with Crippen molar-refractivity contribution in [2.24, 2.45) is 0 Å². The summed E-state index contributed by atoms with van der Waals surface area (Å²) in [5.41, 5.74) is 0. The Hall–Kier alpha value is -1.67. The van der Waals surface area contributed by atoms with E-state index >= 15 is 0 Å². The van der Waals surface area contributed by atoms with Gasteiger partial charge in [-0.05, 0) is 0 Å². The Kier molecular flexibility index (Phi) is 4.56. The highest BCUT2D eigenvalue weighted by Crippen LogP contribution is 2.19. The van der Waals surface area contributed by atoms with Crippen LogP contribution in [0, 0.1) is 0 Å². The molecule has 0 aromatic carbocycles. The van der Waals surface area contributed by atoms with Crippen molar-refractivity contribution in [3.8, 4) is 0 Å². The number of carboxylic acids is 1. The average Bonchev–Trinajstić information content (AvgIpc) is 3.04. The highest BCUT2D eigenvalue weighted by atomic mass is 32.1. The molecule has 0 aliphatic carbocycles. The van der Waals surface area contributed by atoms with Crippen molar-refractivity contribution in [2.75, 3.05) is 13.1 Å². The van der Waals surface area contributed by atoms with E-state index < -0.39 is 24.1 Å². The minimum atomic E-state index is -1.09. The zero-order valence-corrected chi connectivity index (χ0v) is 11.8. The number of carboxylic acid groups (broad SMARTS) is 1. The predicted octanol–water partition coefficient (Wildman–Crippen LogP) is 0.476. The number of aliphatic carboxylic acids is 1. The minimum Gasteiger partial charge on any atom is -0.480 e. The van der Waals surface area contributed by atoms with Gasteiger partial charge in [0, 0.05) is 37.0 Å². The van der Waals surface area contributed by atoms with Crippen LogP contribution in [0.2, 0.25) is 0 Å². The normalized spacial score (nSPS) is 23.6. The second-order valence-electron chi connectivity index (χ2n) is 4.85. The van der Waals surface area contributed by atoms with E-state index in [1.807, 2.05) is 12.3 Å². The van der Waals surface area contributed by atoms with E-state index in [1.54, 1.807) is 6.20 Å². The van der Waals surface area contributed by atoms with Gasteiger partial charge in [-0.1, -0.05) is 6.92 Å². The molecule has 20 heavy (non-hydrogen) atoms. The lowest BCUT2D eigenvalue weighted by Crippen LogP contribution is -2.46. The molecule has 0 spiro atoms. The second-order valence-corrected chi connectivity index (χ2v) is 5.78. The highest BCUT2D eigenvalue weighted by molar-refractivity contribution is 7.09. The van der Waals surface area contributed by atoms with Crippen LogP contribution in [0.3, 0.4) is 0 Å². The Bertz CT molecular complexity index is 479. The number of amides is 2. The van der Waals surface area contributed by atoms with Gasteiger partial charge >= 0.3 is 12.0 Å². The van der Waals surface area contributed by atoms with Crippen molar-refractivity contribution in [1.82, 2.24) is 15.2 Å². The smallest absolute Gasteiger partial charge is 0.326 e. The number of carbonyl (C=O) groups is 2. The number of hydrogen-bond donors (Lipinski definition) is 3. The van der Waals surface area contributed by atoms with Gasteiger partial charge in [0.05, 0.1) is 11.1 Å². The first kappa shape index (κ1) is 14.7. The van der Waals surface area contributed by atoms with Gasteiger partial charge in [0.15, 0.2) is 0 Å². The fourth-order valence-corrected chi connectivity index (χ4v) is 2.88. The van der Waals surface area contributed by atoms with Crippen LogP contribution in [0.15, 0.2) is 11.6 Å². The lowest BCUT2D eigenvalue weighted by atomic mass is 10.2. The van der Waals surface area contributed by atoms with Crippen molar-refractivity contribution >= 4 is 23.3 Å². The van der Waals surface area contributed by atoms with Gasteiger partial charge in [-0.25, -0.2) is 14.6 Å². The quantitative estimate of drug-likeness (QED) is 0.750. The monoisotopic (exact) mass is 299 g/mol. The summed E-state index contributed by atoms with van der Waals surface area (Å²) in [4.78, 5) is 28.4. The lowest BCUT2D eigenvalue weighted by molar-refractivity contribution is -0.141. The van der Waals surface area contributed by atoms with Crippen molar-refractivity contribution < 1.29 is 19.8 Å². The average molecular weight is 299 g/mol. The van der Waals surface area contributed by atoms with E-state index in [-0.39, 0.29) is 18.9 Å². The number of nitrogens with one attached hydrogen (secondary N) is 1. The van der Waals surface area contributed by atoms with Crippen molar-refractivity contribution in [2.45, 2.75) is 31.4 Å². The number of aliphatic hydroxyl groups is 1. The number of carbonyl (C=O) groups excluding carboxylic acids is 1. The maximum absolute atomic E-state index is 12.0. The summed E-state index contributed by atoms with van der Waals surface area (Å²) in [5.74, 6) is -1.03. The van der Waals surface area contributed by atoms with Gasteiger partial charge in [-0.2, -0.15) is 0 Å². The fourth-order valence-electron chi connectivity index (χ4n) is 2.18. The summed E-state index contributed by atoms with van der Waals surface area (Å²) in [6, 6.07) is -1.42. The van der Waals surface area contributed by atoms with Crippen LogP contribution in [0.4, 0.5) is 4.79 Å². The summed E-state index contributed by atoms with van der Waals surface area (Å²) in [6.45, 7) is 2.37. The first-order chi connectivity index (χ1) is 9.49. The Morgan fingerprint density at radius 2 is 2.40 bits per heavy atom. The first-order valence-electron chi connectivity index (χ1n) is 6.33. The molecular weight excluding hydrogens is 282 g/mol. The predicted molar refractivity (Wildman–Crippen MR) is 72.7 cm³/mol. The molecule has 110 valence electrons. The van der Waals surface area contributed by atoms with Crippen LogP contribution in [-0.2, 0) is 4.79 Å². The molecule has 2 amide bonds. The fraction of sp³-hybridized carbons (Fsp3) is 0.583. The van der Waals surface area contributed by atoms with Gasteiger partial charge in [-0.3, -0.25) is 0 Å². The molecule has 1 aliphatic rings. The number of hydrogen-bond acceptors (Lipinski definition) is 5. The molecule has 0 bridgehead atoms. The van der Waals surface area contributed by atoms with Crippen LogP contribution >= 0.6 is 11.3 Å². The van der Waals surface area contributed by atoms with E-state index in [0.717, 1.165) is 5.01 Å². The minimum absolute atomic E-state index is 0.0500. The zero-order valence-electron chi connectivity index (χ0n) is 11.0. The molecule has 7 nitrogen and oxygen atoms in total. The van der Waals surface area contributed by atoms with Crippen LogP contribution in [0.1, 0.15) is 24.3 Å². The molecular formula is C12H17N3O4S. The maximum Gasteiger partial charge on any atom is 0.326 e. The third kappa shape index (κ3) is 3.26. The standard InChI is InChI=1S/C12H17N3O4S/c1-7(10-13-2-3-20-10)5-14-12(19)15-6-8(16)4-9(15)11(17)18/h2-3,7-9,16H,4-6H2,1H3,(H,14,19)(H,17,18)/t7?,8-,9-/m0/s1. The molecule has 3 atom stereocenters. The number of thiazole rings is 1. The largest absolute Gasteiger partial charge is 0.480 e. The maximum atomic E-state index is 12.0. The Morgan fingerprint density at radius 3 is 3.00 bits per heavy atom. The van der Waals surface area contributed by atoms with E-state index in [0.29, 0.717) is 6.54 Å². The lowest BCUT2D eigenvalue weighted by Gasteiger charge is -2.22. The number of rotatable bonds is 4. The third-order valence-electron chi connectivity index (χ3n) is 3.26. The molecule has 1 aromatic heterocycles. The van der Waals surface area contributed by atoms with E-state index in [4.69, 9.17) is 5.11 Å². The molecule has 1 aliphatic heterocycles. The summed E-state index contributed by atoms with van der Waals surface area (Å²) in [6.07, 6.45) is 0.999. The second kappa shape index (κ2) is 6.19. The topological polar surface area (TPSA) is 103 Å². The van der Waals surface area contributed by atoms with Crippen LogP contribution in [-0.4, -0.2) is 57.3 Å². The Labute approximate surface area is 120 Å². The summed E-state index contributed by atoms with van der Waals surface area (Å²) in [7, 11) is 0. The number of aromatic nitrogens is 1. The van der Waals surface area contributed by atoms with Gasteiger partial charge in [0.2, 0.25) is 0 Å². The molecule has 0 saturated carbocycles. The Morgan fingerprint density at radius 1 is 1.65 bits per heavy atom. The van der Waals surface area contributed by atoms with E-state index in [1.165, 1.54) is 16.2 Å². The highest BCUT2D eigenvalue weighted by Gasteiger charge is 2.38. The number of likely N-dealkylation sites (tertiary alicyclic amines) is 1. The number of aliphatic hydroxyl groups excluding tert-OH is 1. The first-order valence-corrected chi connectivity index (χ1v) is 7.21. The van der Waals surface area contributed by atoms with Crippen LogP contribution < -0.4 is 5.32 Å². The van der Waals surface area contributed by atoms with Crippen LogP contribution in [0.25, 0.3) is 0 Å². The Balaban J connectivity index is 1.89. The third-order valence-corrected chi connectivity index (χ3v) is 4.26. The van der Waals surface area contributed by atoms with Crippen molar-refractivity contribution in [1.29, 1.82) is 0 Å².